The number of carbonyl (C=O) groups is 1. The van der Waals surface area contributed by atoms with Crippen molar-refractivity contribution in [2.24, 2.45) is 0 Å². The predicted octanol–water partition coefficient (Wildman–Crippen LogP) is 4.06. The molecule has 0 spiro atoms. The molecule has 0 aliphatic carbocycles. The number of fused-ring (bicyclic) bond motifs is 1. The summed E-state index contributed by atoms with van der Waals surface area (Å²) in [6.45, 7) is 0. The van der Waals surface area contributed by atoms with Crippen LogP contribution in [0.5, 0.6) is 0 Å². The standard InChI is InChI=1S/C23H19N3O3S/c1-24-30(28,29)18-13-11-17(12-14-18)25-23(27)20-15-22(16-7-3-2-4-8-16)26-21-10-6-5-9-19(20)21/h2-15,24H,1H3,(H,25,27). The van der Waals surface area contributed by atoms with Gasteiger partial charge >= 0.3 is 0 Å². The van der Waals surface area contributed by atoms with Crippen molar-refractivity contribution in [1.82, 2.24) is 9.71 Å². The maximum Gasteiger partial charge on any atom is 0.256 e. The number of nitrogens with one attached hydrogen (secondary N) is 2. The first-order chi connectivity index (χ1) is 14.5. The maximum atomic E-state index is 13.1. The van der Waals surface area contributed by atoms with E-state index in [9.17, 15) is 13.2 Å². The second-order valence-corrected chi connectivity index (χ2v) is 8.51. The number of aromatic nitrogens is 1. The molecule has 4 aromatic rings. The molecule has 1 heterocycles. The fourth-order valence-electron chi connectivity index (χ4n) is 3.15. The lowest BCUT2D eigenvalue weighted by Crippen LogP contribution is -2.18. The SMILES string of the molecule is CNS(=O)(=O)c1ccc(NC(=O)c2cc(-c3ccccc3)nc3ccccc23)cc1. The van der Waals surface area contributed by atoms with E-state index < -0.39 is 10.0 Å². The highest BCUT2D eigenvalue weighted by molar-refractivity contribution is 7.89. The quantitative estimate of drug-likeness (QED) is 0.513. The molecule has 0 fully saturated rings. The molecule has 0 aliphatic rings. The molecule has 0 aliphatic heterocycles. The van der Waals surface area contributed by atoms with Crippen LogP contribution in [0.15, 0.2) is 89.8 Å². The van der Waals surface area contributed by atoms with Gasteiger partial charge in [-0.3, -0.25) is 4.79 Å². The predicted molar refractivity (Wildman–Crippen MR) is 118 cm³/mol. The highest BCUT2D eigenvalue weighted by atomic mass is 32.2. The van der Waals surface area contributed by atoms with Gasteiger partial charge in [-0.1, -0.05) is 48.5 Å². The Labute approximate surface area is 174 Å². The smallest absolute Gasteiger partial charge is 0.256 e. The first-order valence-electron chi connectivity index (χ1n) is 9.28. The molecule has 0 atom stereocenters. The van der Waals surface area contributed by atoms with Crippen LogP contribution in [0.3, 0.4) is 0 Å². The zero-order valence-corrected chi connectivity index (χ0v) is 17.0. The lowest BCUT2D eigenvalue weighted by molar-refractivity contribution is 0.102. The third kappa shape index (κ3) is 3.94. The van der Waals surface area contributed by atoms with Gasteiger partial charge in [0.2, 0.25) is 10.0 Å². The molecule has 0 saturated heterocycles. The average Bonchev–Trinajstić information content (AvgIpc) is 2.79. The van der Waals surface area contributed by atoms with Gasteiger partial charge in [-0.15, -0.1) is 0 Å². The largest absolute Gasteiger partial charge is 0.322 e. The maximum absolute atomic E-state index is 13.1. The summed E-state index contributed by atoms with van der Waals surface area (Å²) >= 11 is 0. The number of rotatable bonds is 5. The first-order valence-corrected chi connectivity index (χ1v) is 10.8. The van der Waals surface area contributed by atoms with E-state index in [1.165, 1.54) is 19.2 Å². The Morgan fingerprint density at radius 3 is 2.23 bits per heavy atom. The van der Waals surface area contributed by atoms with Crippen molar-refractivity contribution in [2.75, 3.05) is 12.4 Å². The van der Waals surface area contributed by atoms with Gasteiger partial charge in [-0.2, -0.15) is 0 Å². The van der Waals surface area contributed by atoms with Gasteiger partial charge in [0.15, 0.2) is 0 Å². The molecular weight excluding hydrogens is 398 g/mol. The van der Waals surface area contributed by atoms with Crippen LogP contribution < -0.4 is 10.0 Å². The summed E-state index contributed by atoms with van der Waals surface area (Å²) in [4.78, 5) is 17.9. The molecule has 30 heavy (non-hydrogen) atoms. The molecule has 0 bridgehead atoms. The second kappa shape index (κ2) is 8.06. The van der Waals surface area contributed by atoms with Crippen LogP contribution in [0.25, 0.3) is 22.2 Å². The monoisotopic (exact) mass is 417 g/mol. The summed E-state index contributed by atoms with van der Waals surface area (Å²) in [5, 5.41) is 3.58. The zero-order chi connectivity index (χ0) is 21.1. The minimum absolute atomic E-state index is 0.128. The number of pyridine rings is 1. The molecular formula is C23H19N3O3S. The fourth-order valence-corrected chi connectivity index (χ4v) is 3.88. The average molecular weight is 417 g/mol. The number of nitrogens with zero attached hydrogens (tertiary/aromatic N) is 1. The molecule has 3 aromatic carbocycles. The van der Waals surface area contributed by atoms with E-state index in [0.717, 1.165) is 16.5 Å². The van der Waals surface area contributed by atoms with E-state index in [1.807, 2.05) is 54.6 Å². The summed E-state index contributed by atoms with van der Waals surface area (Å²) < 4.78 is 26.0. The van der Waals surface area contributed by atoms with E-state index in [-0.39, 0.29) is 10.8 Å². The van der Waals surface area contributed by atoms with Crippen LogP contribution in [0.4, 0.5) is 5.69 Å². The second-order valence-electron chi connectivity index (χ2n) is 6.62. The number of hydrogen-bond acceptors (Lipinski definition) is 4. The van der Waals surface area contributed by atoms with Gasteiger partial charge in [0.05, 0.1) is 21.7 Å². The Kier molecular flexibility index (Phi) is 5.31. The van der Waals surface area contributed by atoms with Crippen molar-refractivity contribution in [3.05, 3.63) is 90.5 Å². The molecule has 6 nitrogen and oxygen atoms in total. The minimum Gasteiger partial charge on any atom is -0.322 e. The van der Waals surface area contributed by atoms with Crippen molar-refractivity contribution in [1.29, 1.82) is 0 Å². The van der Waals surface area contributed by atoms with Gasteiger partial charge in [-0.05, 0) is 43.4 Å². The van der Waals surface area contributed by atoms with Crippen LogP contribution in [0.1, 0.15) is 10.4 Å². The van der Waals surface area contributed by atoms with Crippen LogP contribution in [-0.2, 0) is 10.0 Å². The number of sulfonamides is 1. The van der Waals surface area contributed by atoms with E-state index in [0.29, 0.717) is 16.9 Å². The Balaban J connectivity index is 1.71. The van der Waals surface area contributed by atoms with Crippen molar-refractivity contribution in [3.63, 3.8) is 0 Å². The third-order valence-electron chi connectivity index (χ3n) is 4.72. The Morgan fingerprint density at radius 1 is 0.867 bits per heavy atom. The van der Waals surface area contributed by atoms with Crippen molar-refractivity contribution < 1.29 is 13.2 Å². The molecule has 4 rings (SSSR count). The highest BCUT2D eigenvalue weighted by Gasteiger charge is 2.15. The van der Waals surface area contributed by atoms with Crippen molar-refractivity contribution >= 4 is 32.5 Å². The van der Waals surface area contributed by atoms with Gasteiger partial charge in [-0.25, -0.2) is 18.1 Å². The van der Waals surface area contributed by atoms with E-state index >= 15 is 0 Å². The van der Waals surface area contributed by atoms with Gasteiger partial charge in [0, 0.05) is 16.6 Å². The Bertz CT molecular complexity index is 1320. The summed E-state index contributed by atoms with van der Waals surface area (Å²) in [7, 11) is -2.18. The van der Waals surface area contributed by atoms with E-state index in [1.54, 1.807) is 18.2 Å². The number of para-hydroxylation sites is 1. The number of anilines is 1. The van der Waals surface area contributed by atoms with Crippen LogP contribution in [-0.4, -0.2) is 26.4 Å². The van der Waals surface area contributed by atoms with Gasteiger partial charge < -0.3 is 5.32 Å². The van der Waals surface area contributed by atoms with E-state index in [2.05, 4.69) is 15.0 Å². The number of amides is 1. The third-order valence-corrected chi connectivity index (χ3v) is 6.15. The van der Waals surface area contributed by atoms with E-state index in [4.69, 9.17) is 0 Å². The van der Waals surface area contributed by atoms with Crippen LogP contribution in [0, 0.1) is 0 Å². The molecule has 1 amide bonds. The molecule has 0 radical (unpaired) electrons. The lowest BCUT2D eigenvalue weighted by atomic mass is 10.0. The van der Waals surface area contributed by atoms with Crippen LogP contribution in [0.2, 0.25) is 0 Å². The summed E-state index contributed by atoms with van der Waals surface area (Å²) in [6.07, 6.45) is 0. The molecule has 7 heteroatoms. The Hall–Kier alpha value is -3.55. The fraction of sp³-hybridized carbons (Fsp3) is 0.0435. The highest BCUT2D eigenvalue weighted by Crippen LogP contribution is 2.25. The molecule has 0 saturated carbocycles. The Morgan fingerprint density at radius 2 is 1.53 bits per heavy atom. The number of benzene rings is 3. The zero-order valence-electron chi connectivity index (χ0n) is 16.2. The summed E-state index contributed by atoms with van der Waals surface area (Å²) in [6, 6.07) is 24.9. The van der Waals surface area contributed by atoms with Gasteiger partial charge in [0.1, 0.15) is 0 Å². The van der Waals surface area contributed by atoms with Crippen molar-refractivity contribution in [2.45, 2.75) is 4.90 Å². The molecule has 150 valence electrons. The lowest BCUT2D eigenvalue weighted by Gasteiger charge is -2.11. The summed E-state index contributed by atoms with van der Waals surface area (Å²) in [5.41, 5.74) is 3.33. The molecule has 2 N–H and O–H groups in total. The van der Waals surface area contributed by atoms with Crippen LogP contribution >= 0.6 is 0 Å². The molecule has 1 aromatic heterocycles. The number of hydrogen-bond donors (Lipinski definition) is 2. The number of carbonyl (C=O) groups excluding carboxylic acids is 1. The first kappa shape index (κ1) is 19.8. The topological polar surface area (TPSA) is 88.2 Å². The normalized spacial score (nSPS) is 11.4. The van der Waals surface area contributed by atoms with Crippen molar-refractivity contribution in [3.8, 4) is 11.3 Å². The molecule has 0 unspecified atom stereocenters. The minimum atomic E-state index is -3.53. The summed E-state index contributed by atoms with van der Waals surface area (Å²) in [5.74, 6) is -0.296. The van der Waals surface area contributed by atoms with Gasteiger partial charge in [0.25, 0.3) is 5.91 Å².